The Morgan fingerprint density at radius 3 is 2.43 bits per heavy atom. The molecule has 6 heteroatoms. The highest BCUT2D eigenvalue weighted by Gasteiger charge is 2.17. The van der Waals surface area contributed by atoms with Crippen LogP contribution in [0.25, 0.3) is 0 Å². The van der Waals surface area contributed by atoms with Crippen molar-refractivity contribution in [3.8, 4) is 5.75 Å². The van der Waals surface area contributed by atoms with E-state index in [0.29, 0.717) is 38.3 Å². The molecular formula is C15H22FNO4. The lowest BCUT2D eigenvalue weighted by Gasteiger charge is -2.22. The summed E-state index contributed by atoms with van der Waals surface area (Å²) >= 11 is 0. The van der Waals surface area contributed by atoms with Gasteiger partial charge >= 0.3 is 0 Å². The van der Waals surface area contributed by atoms with Crippen LogP contribution in [0.5, 0.6) is 5.75 Å². The summed E-state index contributed by atoms with van der Waals surface area (Å²) in [7, 11) is 4.57. The third-order valence-electron chi connectivity index (χ3n) is 3.03. The van der Waals surface area contributed by atoms with Crippen molar-refractivity contribution in [3.63, 3.8) is 0 Å². The predicted molar refractivity (Wildman–Crippen MR) is 77.2 cm³/mol. The molecule has 0 aliphatic rings. The molecule has 0 saturated heterocycles. The number of ether oxygens (including phenoxy) is 3. The number of benzene rings is 1. The van der Waals surface area contributed by atoms with E-state index in [0.717, 1.165) is 0 Å². The second-order valence-electron chi connectivity index (χ2n) is 4.48. The molecule has 0 aliphatic heterocycles. The number of carbonyl (C=O) groups is 1. The van der Waals surface area contributed by atoms with Gasteiger partial charge in [0.25, 0.3) is 5.91 Å². The highest BCUT2D eigenvalue weighted by molar-refractivity contribution is 5.94. The summed E-state index contributed by atoms with van der Waals surface area (Å²) < 4.78 is 28.5. The SMILES string of the molecule is COCCCN(CCOC)C(=O)c1ccc(OC)c(F)c1. The minimum absolute atomic E-state index is 0.120. The van der Waals surface area contributed by atoms with Gasteiger partial charge < -0.3 is 19.1 Å². The maximum absolute atomic E-state index is 13.7. The first-order chi connectivity index (χ1) is 10.1. The minimum atomic E-state index is -0.549. The molecule has 0 unspecified atom stereocenters. The quantitative estimate of drug-likeness (QED) is 0.654. The van der Waals surface area contributed by atoms with Gasteiger partial charge in [-0.1, -0.05) is 0 Å². The molecule has 0 atom stereocenters. The summed E-state index contributed by atoms with van der Waals surface area (Å²) in [6.45, 7) is 1.97. The number of hydrogen-bond acceptors (Lipinski definition) is 4. The number of nitrogens with zero attached hydrogens (tertiary/aromatic N) is 1. The number of methoxy groups -OCH3 is 3. The molecule has 1 aromatic carbocycles. The van der Waals surface area contributed by atoms with Crippen LogP contribution in [0.15, 0.2) is 18.2 Å². The first kappa shape index (κ1) is 17.4. The van der Waals surface area contributed by atoms with Crippen molar-refractivity contribution in [1.29, 1.82) is 0 Å². The molecule has 1 aromatic rings. The molecule has 0 aliphatic carbocycles. The molecule has 0 bridgehead atoms. The zero-order valence-corrected chi connectivity index (χ0v) is 12.7. The number of hydrogen-bond donors (Lipinski definition) is 0. The summed E-state index contributed by atoms with van der Waals surface area (Å²) in [5.74, 6) is -0.661. The minimum Gasteiger partial charge on any atom is -0.494 e. The van der Waals surface area contributed by atoms with E-state index in [-0.39, 0.29) is 11.7 Å². The Bertz CT molecular complexity index is 453. The second-order valence-corrected chi connectivity index (χ2v) is 4.48. The van der Waals surface area contributed by atoms with E-state index in [1.54, 1.807) is 25.2 Å². The molecule has 5 nitrogen and oxygen atoms in total. The van der Waals surface area contributed by atoms with Gasteiger partial charge in [0, 0.05) is 39.5 Å². The Hall–Kier alpha value is -1.66. The van der Waals surface area contributed by atoms with E-state index < -0.39 is 5.82 Å². The smallest absolute Gasteiger partial charge is 0.254 e. The summed E-state index contributed by atoms with van der Waals surface area (Å²) in [4.78, 5) is 14.0. The molecule has 21 heavy (non-hydrogen) atoms. The number of rotatable bonds is 9. The average molecular weight is 299 g/mol. The van der Waals surface area contributed by atoms with Gasteiger partial charge in [-0.05, 0) is 24.6 Å². The van der Waals surface area contributed by atoms with Gasteiger partial charge in [0.1, 0.15) is 0 Å². The number of amides is 1. The lowest BCUT2D eigenvalue weighted by molar-refractivity contribution is 0.0673. The van der Waals surface area contributed by atoms with Crippen LogP contribution in [0.4, 0.5) is 4.39 Å². The average Bonchev–Trinajstić information content (AvgIpc) is 2.50. The molecule has 0 fully saturated rings. The first-order valence-corrected chi connectivity index (χ1v) is 6.74. The topological polar surface area (TPSA) is 48.0 Å². The van der Waals surface area contributed by atoms with E-state index in [2.05, 4.69) is 0 Å². The molecular weight excluding hydrogens is 277 g/mol. The van der Waals surface area contributed by atoms with Crippen LogP contribution < -0.4 is 4.74 Å². The lowest BCUT2D eigenvalue weighted by atomic mass is 10.1. The Labute approximate surface area is 124 Å². The Balaban J connectivity index is 2.80. The van der Waals surface area contributed by atoms with Crippen molar-refractivity contribution < 1.29 is 23.4 Å². The maximum atomic E-state index is 13.7. The fourth-order valence-electron chi connectivity index (χ4n) is 1.90. The third kappa shape index (κ3) is 5.32. The van der Waals surface area contributed by atoms with Crippen molar-refractivity contribution in [2.45, 2.75) is 6.42 Å². The second kappa shape index (κ2) is 9.31. The molecule has 0 radical (unpaired) electrons. The fraction of sp³-hybridized carbons (Fsp3) is 0.533. The van der Waals surface area contributed by atoms with Gasteiger partial charge in [-0.2, -0.15) is 0 Å². The molecule has 0 heterocycles. The third-order valence-corrected chi connectivity index (χ3v) is 3.03. The number of halogens is 1. The van der Waals surface area contributed by atoms with Gasteiger partial charge in [0.2, 0.25) is 0 Å². The van der Waals surface area contributed by atoms with Crippen LogP contribution >= 0.6 is 0 Å². The van der Waals surface area contributed by atoms with Crippen LogP contribution in [-0.4, -0.2) is 58.4 Å². The predicted octanol–water partition coefficient (Wildman–Crippen LogP) is 1.96. The van der Waals surface area contributed by atoms with Crippen molar-refractivity contribution in [2.24, 2.45) is 0 Å². The highest BCUT2D eigenvalue weighted by atomic mass is 19.1. The standard InChI is InChI=1S/C15H22FNO4/c1-19-9-4-7-17(8-10-20-2)15(18)12-5-6-14(21-3)13(16)11-12/h5-6,11H,4,7-10H2,1-3H3. The van der Waals surface area contributed by atoms with Gasteiger partial charge in [0.05, 0.1) is 13.7 Å². The van der Waals surface area contributed by atoms with Gasteiger partial charge in [-0.15, -0.1) is 0 Å². The Morgan fingerprint density at radius 1 is 1.14 bits per heavy atom. The number of carbonyl (C=O) groups excluding carboxylic acids is 1. The van der Waals surface area contributed by atoms with Gasteiger partial charge in [0.15, 0.2) is 11.6 Å². The molecule has 0 N–H and O–H groups in total. The van der Waals surface area contributed by atoms with Crippen LogP contribution in [0.1, 0.15) is 16.8 Å². The van der Waals surface area contributed by atoms with Crippen molar-refractivity contribution in [2.75, 3.05) is 47.6 Å². The van der Waals surface area contributed by atoms with E-state index in [4.69, 9.17) is 14.2 Å². The highest BCUT2D eigenvalue weighted by Crippen LogP contribution is 2.18. The monoisotopic (exact) mass is 299 g/mol. The van der Waals surface area contributed by atoms with Crippen LogP contribution in [0.3, 0.4) is 0 Å². The van der Waals surface area contributed by atoms with Crippen LogP contribution in [-0.2, 0) is 9.47 Å². The molecule has 0 spiro atoms. The normalized spacial score (nSPS) is 10.5. The maximum Gasteiger partial charge on any atom is 0.254 e. The Kier molecular flexibility index (Phi) is 7.71. The van der Waals surface area contributed by atoms with Gasteiger partial charge in [-0.25, -0.2) is 4.39 Å². The van der Waals surface area contributed by atoms with E-state index in [1.165, 1.54) is 19.2 Å². The van der Waals surface area contributed by atoms with Crippen molar-refractivity contribution in [3.05, 3.63) is 29.6 Å². The van der Waals surface area contributed by atoms with Gasteiger partial charge in [-0.3, -0.25) is 4.79 Å². The van der Waals surface area contributed by atoms with E-state index in [1.807, 2.05) is 0 Å². The first-order valence-electron chi connectivity index (χ1n) is 6.74. The van der Waals surface area contributed by atoms with E-state index >= 15 is 0 Å². The zero-order chi connectivity index (χ0) is 15.7. The lowest BCUT2D eigenvalue weighted by Crippen LogP contribution is -2.35. The Morgan fingerprint density at radius 2 is 1.86 bits per heavy atom. The molecule has 1 rings (SSSR count). The summed E-state index contributed by atoms with van der Waals surface area (Å²) in [5.41, 5.74) is 0.293. The zero-order valence-electron chi connectivity index (χ0n) is 12.7. The van der Waals surface area contributed by atoms with Crippen LogP contribution in [0.2, 0.25) is 0 Å². The molecule has 118 valence electrons. The van der Waals surface area contributed by atoms with E-state index in [9.17, 15) is 9.18 Å². The summed E-state index contributed by atoms with van der Waals surface area (Å²) in [6, 6.07) is 4.20. The van der Waals surface area contributed by atoms with Crippen molar-refractivity contribution >= 4 is 5.91 Å². The molecule has 0 aromatic heterocycles. The summed E-state index contributed by atoms with van der Waals surface area (Å²) in [6.07, 6.45) is 0.713. The van der Waals surface area contributed by atoms with Crippen LogP contribution in [0, 0.1) is 5.82 Å². The molecule has 1 amide bonds. The summed E-state index contributed by atoms with van der Waals surface area (Å²) in [5, 5.41) is 0. The molecule has 0 saturated carbocycles. The largest absolute Gasteiger partial charge is 0.494 e. The van der Waals surface area contributed by atoms with Crippen molar-refractivity contribution in [1.82, 2.24) is 4.90 Å². The fourth-order valence-corrected chi connectivity index (χ4v) is 1.90.